The molecule has 0 radical (unpaired) electrons. The smallest absolute Gasteiger partial charge is 0.419 e. The summed E-state index contributed by atoms with van der Waals surface area (Å²) in [7, 11) is 0. The van der Waals surface area contributed by atoms with Gasteiger partial charge in [-0.3, -0.25) is 39.2 Å². The molecule has 328 valence electrons. The standard InChI is InChI=1S/C42H44F5N9O5S/c1-24-21-53(22-25(2)54(24)23-36(58)51-27-7-4-6-26(16-27)50-32-9-11-35(57)52-37(32)59)14-15-61-34-10-8-28(17-31(34)40(3,43)44)56-39(62)55(38(60)41(56)12-5-13-41)29-18-30(42(45,46)47)33(19-48)49-20-29/h4,6-8,10,16-18,20,24-25,32,50H,5,9,11-15,21-23H2,1-3H3,(H,51,58)(H,52,57,59)/t24-,25+,32?. The number of pyridine rings is 1. The number of ether oxygens (including phenoxy) is 1. The van der Waals surface area contributed by atoms with Gasteiger partial charge in [0, 0.05) is 62.1 Å². The number of thiocarbonyl (C=S) groups is 1. The fourth-order valence-corrected chi connectivity index (χ4v) is 9.01. The van der Waals surface area contributed by atoms with E-state index >= 15 is 8.78 Å². The van der Waals surface area contributed by atoms with E-state index in [1.807, 2.05) is 13.8 Å². The number of carbonyl (C=O) groups excluding carboxylic acids is 4. The van der Waals surface area contributed by atoms with E-state index in [0.717, 1.165) is 11.1 Å². The molecule has 1 spiro atoms. The first-order valence-electron chi connectivity index (χ1n) is 20.1. The lowest BCUT2D eigenvalue weighted by Crippen LogP contribution is -2.58. The normalized spacial score (nSPS) is 22.0. The minimum Gasteiger partial charge on any atom is -0.492 e. The number of benzene rings is 2. The molecule has 3 aliphatic heterocycles. The highest BCUT2D eigenvalue weighted by atomic mass is 32.1. The Hall–Kier alpha value is -5.78. The quantitative estimate of drug-likeness (QED) is 0.115. The van der Waals surface area contributed by atoms with Crippen molar-refractivity contribution in [3.05, 3.63) is 71.5 Å². The zero-order valence-corrected chi connectivity index (χ0v) is 34.8. The van der Waals surface area contributed by atoms with Crippen molar-refractivity contribution in [2.45, 2.75) is 88.6 Å². The van der Waals surface area contributed by atoms with Crippen molar-refractivity contribution in [3.8, 4) is 11.8 Å². The Morgan fingerprint density at radius 1 is 1.02 bits per heavy atom. The maximum atomic E-state index is 15.3. The summed E-state index contributed by atoms with van der Waals surface area (Å²) in [6, 6.07) is 12.4. The molecule has 2 aromatic carbocycles. The molecule has 7 rings (SSSR count). The maximum Gasteiger partial charge on any atom is 0.419 e. The number of carbonyl (C=O) groups is 4. The SMILES string of the molecule is C[C@@H]1CN(CCOc2ccc(N3C(=S)N(c4cnc(C#N)c(C(F)(F)F)c4)C(=O)C34CCC4)cc2C(C)(F)F)C[C@H](C)N1CC(=O)Nc1cccc(NC2CCC(=O)NC2=O)c1. The summed E-state index contributed by atoms with van der Waals surface area (Å²) < 4.78 is 78.0. The number of piperidine rings is 1. The third-order valence-electron chi connectivity index (χ3n) is 11.7. The Labute approximate surface area is 359 Å². The molecule has 20 heteroatoms. The fourth-order valence-electron chi connectivity index (χ4n) is 8.55. The Balaban J connectivity index is 0.974. The monoisotopic (exact) mass is 881 g/mol. The van der Waals surface area contributed by atoms with Gasteiger partial charge in [-0.15, -0.1) is 0 Å². The van der Waals surface area contributed by atoms with E-state index in [1.54, 1.807) is 24.3 Å². The zero-order valence-electron chi connectivity index (χ0n) is 34.0. The molecule has 0 bridgehead atoms. The number of hydrogen-bond donors (Lipinski definition) is 3. The molecule has 4 amide bonds. The van der Waals surface area contributed by atoms with Gasteiger partial charge in [-0.2, -0.15) is 18.4 Å². The second kappa shape index (κ2) is 17.2. The van der Waals surface area contributed by atoms with Gasteiger partial charge >= 0.3 is 6.18 Å². The van der Waals surface area contributed by atoms with E-state index in [9.17, 15) is 37.6 Å². The maximum absolute atomic E-state index is 15.3. The van der Waals surface area contributed by atoms with Crippen LogP contribution in [0.25, 0.3) is 0 Å². The molecule has 3 saturated heterocycles. The molecule has 1 aromatic heterocycles. The number of anilines is 4. The van der Waals surface area contributed by atoms with Crippen molar-refractivity contribution in [2.75, 3.05) is 53.2 Å². The molecule has 1 saturated carbocycles. The van der Waals surface area contributed by atoms with Crippen LogP contribution in [0.1, 0.15) is 69.7 Å². The number of nitrogens with zero attached hydrogens (tertiary/aromatic N) is 6. The molecule has 62 heavy (non-hydrogen) atoms. The van der Waals surface area contributed by atoms with Crippen LogP contribution in [0.15, 0.2) is 54.7 Å². The molecule has 1 aliphatic carbocycles. The van der Waals surface area contributed by atoms with E-state index < -0.39 is 52.3 Å². The third kappa shape index (κ3) is 8.92. The molecular formula is C42H44F5N9O5S. The van der Waals surface area contributed by atoms with Crippen molar-refractivity contribution >= 4 is 63.7 Å². The molecular weight excluding hydrogens is 838 g/mol. The lowest BCUT2D eigenvalue weighted by molar-refractivity contribution is -0.138. The predicted octanol–water partition coefficient (Wildman–Crippen LogP) is 5.77. The van der Waals surface area contributed by atoms with Crippen LogP contribution in [0.5, 0.6) is 5.75 Å². The van der Waals surface area contributed by atoms with Crippen molar-refractivity contribution in [1.29, 1.82) is 5.26 Å². The lowest BCUT2D eigenvalue weighted by Gasteiger charge is -2.44. The number of alkyl halides is 5. The van der Waals surface area contributed by atoms with Gasteiger partial charge in [-0.05, 0) is 94.2 Å². The van der Waals surface area contributed by atoms with Gasteiger partial charge in [0.25, 0.3) is 11.8 Å². The van der Waals surface area contributed by atoms with Crippen LogP contribution >= 0.6 is 12.2 Å². The van der Waals surface area contributed by atoms with Crippen molar-refractivity contribution in [1.82, 2.24) is 20.1 Å². The third-order valence-corrected chi connectivity index (χ3v) is 12.1. The molecule has 3 atom stereocenters. The number of halogens is 5. The molecule has 3 aromatic rings. The number of rotatable bonds is 12. The van der Waals surface area contributed by atoms with Gasteiger partial charge in [0.15, 0.2) is 10.8 Å². The molecule has 14 nitrogen and oxygen atoms in total. The summed E-state index contributed by atoms with van der Waals surface area (Å²) in [5.74, 6) is -5.04. The predicted molar refractivity (Wildman–Crippen MR) is 222 cm³/mol. The summed E-state index contributed by atoms with van der Waals surface area (Å²) in [6.07, 6.45) is -2.23. The van der Waals surface area contributed by atoms with Crippen LogP contribution in [0.2, 0.25) is 0 Å². The Kier molecular flexibility index (Phi) is 12.3. The highest BCUT2D eigenvalue weighted by molar-refractivity contribution is 7.81. The zero-order chi connectivity index (χ0) is 44.7. The summed E-state index contributed by atoms with van der Waals surface area (Å²) >= 11 is 5.66. The lowest BCUT2D eigenvalue weighted by atomic mass is 9.75. The highest BCUT2D eigenvalue weighted by Gasteiger charge is 2.60. The molecule has 1 unspecified atom stereocenters. The fraction of sp³-hybridized carbons (Fsp3) is 0.452. The summed E-state index contributed by atoms with van der Waals surface area (Å²) in [5.41, 5.74) is -2.96. The minimum atomic E-state index is -4.94. The van der Waals surface area contributed by atoms with Crippen molar-refractivity contribution in [3.63, 3.8) is 0 Å². The number of aromatic nitrogens is 1. The van der Waals surface area contributed by atoms with E-state index in [0.29, 0.717) is 56.8 Å². The molecule has 4 aliphatic rings. The topological polar surface area (TPSA) is 163 Å². The number of amides is 4. The number of imide groups is 1. The number of nitriles is 1. The second-order valence-electron chi connectivity index (χ2n) is 16.2. The number of nitrogens with one attached hydrogen (secondary N) is 3. The summed E-state index contributed by atoms with van der Waals surface area (Å²) in [4.78, 5) is 61.0. The minimum absolute atomic E-state index is 0.0506. The van der Waals surface area contributed by atoms with Crippen LogP contribution in [-0.4, -0.2) is 100.0 Å². The first-order chi connectivity index (χ1) is 29.3. The first kappa shape index (κ1) is 44.3. The van der Waals surface area contributed by atoms with Gasteiger partial charge in [0.05, 0.1) is 29.6 Å². The van der Waals surface area contributed by atoms with Crippen molar-refractivity contribution in [2.24, 2.45) is 0 Å². The second-order valence-corrected chi connectivity index (χ2v) is 16.5. The van der Waals surface area contributed by atoms with Crippen LogP contribution < -0.4 is 30.5 Å². The average molecular weight is 882 g/mol. The molecule has 3 N–H and O–H groups in total. The largest absolute Gasteiger partial charge is 0.492 e. The van der Waals surface area contributed by atoms with Crippen LogP contribution in [0.3, 0.4) is 0 Å². The van der Waals surface area contributed by atoms with Crippen LogP contribution in [0, 0.1) is 11.3 Å². The Morgan fingerprint density at radius 2 is 1.71 bits per heavy atom. The average Bonchev–Trinajstić information content (AvgIpc) is 3.43. The first-order valence-corrected chi connectivity index (χ1v) is 20.5. The Morgan fingerprint density at radius 3 is 2.34 bits per heavy atom. The molecule has 4 heterocycles. The van der Waals surface area contributed by atoms with Gasteiger partial charge < -0.3 is 20.3 Å². The van der Waals surface area contributed by atoms with E-state index in [2.05, 4.69) is 30.7 Å². The number of hydrogen-bond acceptors (Lipinski definition) is 11. The van der Waals surface area contributed by atoms with Crippen LogP contribution in [-0.2, 0) is 31.3 Å². The van der Waals surface area contributed by atoms with Crippen LogP contribution in [0.4, 0.5) is 44.7 Å². The summed E-state index contributed by atoms with van der Waals surface area (Å²) in [6.45, 7) is 6.39. The molecule has 4 fully saturated rings. The number of piperazine rings is 1. The van der Waals surface area contributed by atoms with E-state index in [1.165, 1.54) is 29.2 Å². The van der Waals surface area contributed by atoms with Gasteiger partial charge in [-0.1, -0.05) is 6.07 Å². The van der Waals surface area contributed by atoms with Gasteiger partial charge in [-0.25, -0.2) is 13.8 Å². The highest BCUT2D eigenvalue weighted by Crippen LogP contribution is 2.49. The van der Waals surface area contributed by atoms with Crippen molar-refractivity contribution < 1.29 is 45.9 Å². The van der Waals surface area contributed by atoms with E-state index in [-0.39, 0.29) is 78.5 Å². The Bertz CT molecular complexity index is 2320. The summed E-state index contributed by atoms with van der Waals surface area (Å²) in [5, 5.41) is 17.3. The van der Waals surface area contributed by atoms with Gasteiger partial charge in [0.1, 0.15) is 30.0 Å². The van der Waals surface area contributed by atoms with E-state index in [4.69, 9.17) is 17.0 Å². The van der Waals surface area contributed by atoms with Gasteiger partial charge in [0.2, 0.25) is 17.7 Å².